The molecule has 4 heteroatoms. The number of aliphatic imine (C=N–C) groups is 1. The fourth-order valence-electron chi connectivity index (χ4n) is 5.99. The maximum absolute atomic E-state index is 9.29. The molecule has 0 bridgehead atoms. The molecule has 3 N–H and O–H groups in total. The molecule has 0 spiro atoms. The van der Waals surface area contributed by atoms with Crippen LogP contribution in [0.2, 0.25) is 0 Å². The van der Waals surface area contributed by atoms with Crippen molar-refractivity contribution in [3.63, 3.8) is 0 Å². The predicted octanol–water partition coefficient (Wildman–Crippen LogP) is 8.88. The minimum absolute atomic E-state index is 0.443. The quantitative estimate of drug-likeness (QED) is 0.0694. The molecule has 7 aromatic rings. The highest BCUT2D eigenvalue weighted by molar-refractivity contribution is 6.24. The fourth-order valence-corrected chi connectivity index (χ4v) is 5.99. The zero-order valence-electron chi connectivity index (χ0n) is 24.1. The summed E-state index contributed by atoms with van der Waals surface area (Å²) in [6.45, 7) is 0.443. The van der Waals surface area contributed by atoms with Crippen LogP contribution in [-0.4, -0.2) is 5.84 Å². The van der Waals surface area contributed by atoms with Gasteiger partial charge in [-0.2, -0.15) is 5.26 Å². The van der Waals surface area contributed by atoms with Gasteiger partial charge in [0, 0.05) is 5.56 Å². The molecule has 0 aromatic heterocycles. The normalized spacial score (nSPS) is 12.3. The lowest BCUT2D eigenvalue weighted by molar-refractivity contribution is 0.679. The SMILES string of the molecule is N#Cc1ccc(-c2ccccc2CN=C(NC(N)c2ccccc2)c2c3ccccc3cc3c2ccc2ccccc23)cc1. The van der Waals surface area contributed by atoms with Crippen LogP contribution >= 0.6 is 0 Å². The van der Waals surface area contributed by atoms with Gasteiger partial charge in [0.05, 0.1) is 18.2 Å². The van der Waals surface area contributed by atoms with Crippen LogP contribution in [0.1, 0.15) is 28.4 Å². The highest BCUT2D eigenvalue weighted by Crippen LogP contribution is 2.34. The van der Waals surface area contributed by atoms with Crippen molar-refractivity contribution in [2.45, 2.75) is 12.7 Å². The Kier molecular flexibility index (Phi) is 7.30. The van der Waals surface area contributed by atoms with E-state index in [4.69, 9.17) is 10.7 Å². The standard InChI is InChI=1S/C40H30N4/c41-25-27-18-20-29(21-19-27)33-15-7-6-14-32(33)26-43-40(44-39(42)30-11-2-1-3-12-30)38-35-17-9-5-13-31(35)24-37-34-16-8-4-10-28(34)22-23-36(37)38/h1-24,39H,26,42H2,(H,43,44). The van der Waals surface area contributed by atoms with Gasteiger partial charge in [-0.3, -0.25) is 4.99 Å². The van der Waals surface area contributed by atoms with Crippen molar-refractivity contribution in [1.29, 1.82) is 5.26 Å². The van der Waals surface area contributed by atoms with Gasteiger partial charge in [0.1, 0.15) is 12.0 Å². The van der Waals surface area contributed by atoms with Gasteiger partial charge >= 0.3 is 0 Å². The van der Waals surface area contributed by atoms with Crippen LogP contribution in [0.15, 0.2) is 151 Å². The van der Waals surface area contributed by atoms with Gasteiger partial charge in [0.25, 0.3) is 0 Å². The summed E-state index contributed by atoms with van der Waals surface area (Å²) in [5.41, 5.74) is 12.7. The van der Waals surface area contributed by atoms with Crippen LogP contribution in [-0.2, 0) is 6.54 Å². The molecule has 0 saturated heterocycles. The van der Waals surface area contributed by atoms with Crippen LogP contribution in [0.3, 0.4) is 0 Å². The fraction of sp³-hybridized carbons (Fsp3) is 0.0500. The van der Waals surface area contributed by atoms with E-state index in [1.165, 1.54) is 16.2 Å². The van der Waals surface area contributed by atoms with E-state index in [2.05, 4.69) is 90.2 Å². The first-order valence-electron chi connectivity index (χ1n) is 14.7. The molecule has 0 amide bonds. The number of hydrogen-bond donors (Lipinski definition) is 2. The van der Waals surface area contributed by atoms with Crippen LogP contribution in [0.5, 0.6) is 0 Å². The van der Waals surface area contributed by atoms with Gasteiger partial charge in [-0.05, 0) is 72.8 Å². The van der Waals surface area contributed by atoms with E-state index >= 15 is 0 Å². The second kappa shape index (κ2) is 11.9. The third kappa shape index (κ3) is 5.18. The number of nitrogens with zero attached hydrogens (tertiary/aromatic N) is 2. The minimum Gasteiger partial charge on any atom is -0.351 e. The van der Waals surface area contributed by atoms with Crippen molar-refractivity contribution < 1.29 is 0 Å². The molecule has 0 aliphatic rings. The van der Waals surface area contributed by atoms with E-state index in [0.717, 1.165) is 49.8 Å². The van der Waals surface area contributed by atoms with Crippen molar-refractivity contribution in [3.8, 4) is 17.2 Å². The van der Waals surface area contributed by atoms with Crippen LogP contribution < -0.4 is 11.1 Å². The number of fused-ring (bicyclic) bond motifs is 4. The van der Waals surface area contributed by atoms with Crippen molar-refractivity contribution >= 4 is 38.2 Å². The van der Waals surface area contributed by atoms with E-state index in [-0.39, 0.29) is 0 Å². The molecule has 7 aromatic carbocycles. The summed E-state index contributed by atoms with van der Waals surface area (Å²) in [6.07, 6.45) is -0.460. The van der Waals surface area contributed by atoms with Gasteiger partial charge < -0.3 is 11.1 Å². The topological polar surface area (TPSA) is 74.2 Å². The molecule has 4 nitrogen and oxygen atoms in total. The highest BCUT2D eigenvalue weighted by atomic mass is 15.1. The lowest BCUT2D eigenvalue weighted by atomic mass is 9.92. The summed E-state index contributed by atoms with van der Waals surface area (Å²) in [4.78, 5) is 5.30. The number of nitriles is 1. The van der Waals surface area contributed by atoms with E-state index in [1.807, 2.05) is 66.7 Å². The molecule has 1 unspecified atom stereocenters. The Balaban J connectivity index is 1.42. The lowest BCUT2D eigenvalue weighted by Gasteiger charge is -2.21. The van der Waals surface area contributed by atoms with Gasteiger partial charge in [-0.25, -0.2) is 0 Å². The molecule has 0 fully saturated rings. The van der Waals surface area contributed by atoms with Crippen molar-refractivity contribution in [3.05, 3.63) is 168 Å². The van der Waals surface area contributed by atoms with E-state index < -0.39 is 6.17 Å². The molecule has 44 heavy (non-hydrogen) atoms. The molecule has 1 atom stereocenters. The maximum Gasteiger partial charge on any atom is 0.131 e. The minimum atomic E-state index is -0.460. The second-order valence-corrected chi connectivity index (χ2v) is 10.9. The first kappa shape index (κ1) is 27.1. The van der Waals surface area contributed by atoms with Gasteiger partial charge in [-0.15, -0.1) is 0 Å². The average Bonchev–Trinajstić information content (AvgIpc) is 3.09. The van der Waals surface area contributed by atoms with E-state index in [0.29, 0.717) is 12.1 Å². The Labute approximate surface area is 256 Å². The molecule has 0 aliphatic carbocycles. The third-order valence-electron chi connectivity index (χ3n) is 8.21. The Hall–Kier alpha value is -5.76. The first-order valence-corrected chi connectivity index (χ1v) is 14.7. The first-order chi connectivity index (χ1) is 21.7. The average molecular weight is 567 g/mol. The predicted molar refractivity (Wildman–Crippen MR) is 182 cm³/mol. The third-order valence-corrected chi connectivity index (χ3v) is 8.21. The summed E-state index contributed by atoms with van der Waals surface area (Å²) >= 11 is 0. The zero-order valence-corrected chi connectivity index (χ0v) is 24.1. The summed E-state index contributed by atoms with van der Waals surface area (Å²) in [5.74, 6) is 0.744. The number of nitrogens with one attached hydrogen (secondary N) is 1. The number of amidine groups is 1. The zero-order chi connectivity index (χ0) is 29.9. The number of rotatable bonds is 6. The summed E-state index contributed by atoms with van der Waals surface area (Å²) in [5, 5.41) is 19.9. The largest absolute Gasteiger partial charge is 0.351 e. The van der Waals surface area contributed by atoms with Crippen molar-refractivity contribution in [2.75, 3.05) is 0 Å². The van der Waals surface area contributed by atoms with Gasteiger partial charge in [-0.1, -0.05) is 127 Å². The second-order valence-electron chi connectivity index (χ2n) is 10.9. The number of nitrogens with two attached hydrogens (primary N) is 1. The molecule has 210 valence electrons. The Morgan fingerprint density at radius 2 is 1.34 bits per heavy atom. The molecule has 0 radical (unpaired) electrons. The Morgan fingerprint density at radius 1 is 0.659 bits per heavy atom. The van der Waals surface area contributed by atoms with E-state index in [1.54, 1.807) is 0 Å². The lowest BCUT2D eigenvalue weighted by Crippen LogP contribution is -2.35. The van der Waals surface area contributed by atoms with Gasteiger partial charge in [0.2, 0.25) is 0 Å². The molecule has 0 aliphatic heterocycles. The molecule has 0 saturated carbocycles. The maximum atomic E-state index is 9.29. The summed E-state index contributed by atoms with van der Waals surface area (Å²) in [7, 11) is 0. The van der Waals surface area contributed by atoms with Crippen LogP contribution in [0, 0.1) is 11.3 Å². The summed E-state index contributed by atoms with van der Waals surface area (Å²) < 4.78 is 0. The smallest absolute Gasteiger partial charge is 0.131 e. The molecule has 0 heterocycles. The van der Waals surface area contributed by atoms with Crippen LogP contribution in [0.4, 0.5) is 0 Å². The van der Waals surface area contributed by atoms with E-state index in [9.17, 15) is 5.26 Å². The van der Waals surface area contributed by atoms with Crippen molar-refractivity contribution in [1.82, 2.24) is 5.32 Å². The Bertz CT molecular complexity index is 2190. The highest BCUT2D eigenvalue weighted by Gasteiger charge is 2.18. The number of benzene rings is 7. The van der Waals surface area contributed by atoms with Gasteiger partial charge in [0.15, 0.2) is 0 Å². The Morgan fingerprint density at radius 3 is 2.14 bits per heavy atom. The summed E-state index contributed by atoms with van der Waals surface area (Å²) in [6, 6.07) is 51.9. The molecular weight excluding hydrogens is 536 g/mol. The van der Waals surface area contributed by atoms with Crippen molar-refractivity contribution in [2.24, 2.45) is 10.7 Å². The molecule has 7 rings (SSSR count). The monoisotopic (exact) mass is 566 g/mol. The van der Waals surface area contributed by atoms with Crippen LogP contribution in [0.25, 0.3) is 43.4 Å². The number of hydrogen-bond acceptors (Lipinski definition) is 3. The molecular formula is C40H30N4.